The van der Waals surface area contributed by atoms with Crippen molar-refractivity contribution in [1.29, 1.82) is 0 Å². The Morgan fingerprint density at radius 3 is 2.76 bits per heavy atom. The van der Waals surface area contributed by atoms with Gasteiger partial charge in [-0.1, -0.05) is 17.3 Å². The molecule has 6 heteroatoms. The molecule has 1 heterocycles. The molecule has 1 aromatic heterocycles. The van der Waals surface area contributed by atoms with Gasteiger partial charge in [0, 0.05) is 21.3 Å². The summed E-state index contributed by atoms with van der Waals surface area (Å²) in [6.45, 7) is 0. The SMILES string of the molecule is COc1cccc(-c2noc(-c3ccc(N)c(Br)c3)n2)c1. The van der Waals surface area contributed by atoms with E-state index in [1.807, 2.05) is 36.4 Å². The lowest BCUT2D eigenvalue weighted by atomic mass is 10.2. The summed E-state index contributed by atoms with van der Waals surface area (Å²) in [6, 6.07) is 13.0. The highest BCUT2D eigenvalue weighted by Gasteiger charge is 2.12. The lowest BCUT2D eigenvalue weighted by molar-refractivity contribution is 0.414. The molecule has 21 heavy (non-hydrogen) atoms. The molecule has 0 unspecified atom stereocenters. The predicted molar refractivity (Wildman–Crippen MR) is 83.8 cm³/mol. The van der Waals surface area contributed by atoms with Gasteiger partial charge in [-0.2, -0.15) is 4.98 Å². The lowest BCUT2D eigenvalue weighted by Crippen LogP contribution is -1.87. The van der Waals surface area contributed by atoms with E-state index >= 15 is 0 Å². The van der Waals surface area contributed by atoms with E-state index in [1.54, 1.807) is 13.2 Å². The van der Waals surface area contributed by atoms with Crippen LogP contribution >= 0.6 is 15.9 Å². The molecule has 0 bridgehead atoms. The minimum absolute atomic E-state index is 0.438. The monoisotopic (exact) mass is 345 g/mol. The van der Waals surface area contributed by atoms with Crippen molar-refractivity contribution in [2.45, 2.75) is 0 Å². The minimum Gasteiger partial charge on any atom is -0.497 e. The first-order valence-electron chi connectivity index (χ1n) is 6.21. The van der Waals surface area contributed by atoms with Crippen molar-refractivity contribution in [1.82, 2.24) is 10.1 Å². The number of methoxy groups -OCH3 is 1. The quantitative estimate of drug-likeness (QED) is 0.731. The maximum absolute atomic E-state index is 5.77. The third-order valence-corrected chi connectivity index (χ3v) is 3.69. The zero-order chi connectivity index (χ0) is 14.8. The molecule has 5 nitrogen and oxygen atoms in total. The van der Waals surface area contributed by atoms with Gasteiger partial charge < -0.3 is 15.0 Å². The van der Waals surface area contributed by atoms with Gasteiger partial charge in [-0.05, 0) is 46.3 Å². The molecule has 0 radical (unpaired) electrons. The van der Waals surface area contributed by atoms with Gasteiger partial charge in [-0.15, -0.1) is 0 Å². The van der Waals surface area contributed by atoms with Crippen molar-refractivity contribution < 1.29 is 9.26 Å². The van der Waals surface area contributed by atoms with Gasteiger partial charge in [-0.3, -0.25) is 0 Å². The molecule has 0 aliphatic heterocycles. The molecule has 106 valence electrons. The average molecular weight is 346 g/mol. The third-order valence-electron chi connectivity index (χ3n) is 3.00. The largest absolute Gasteiger partial charge is 0.497 e. The first-order valence-corrected chi connectivity index (χ1v) is 7.00. The molecule has 0 aliphatic carbocycles. The molecule has 0 fully saturated rings. The van der Waals surface area contributed by atoms with Gasteiger partial charge in [0.15, 0.2) is 0 Å². The van der Waals surface area contributed by atoms with E-state index in [0.29, 0.717) is 17.4 Å². The summed E-state index contributed by atoms with van der Waals surface area (Å²) < 4.78 is 11.3. The summed E-state index contributed by atoms with van der Waals surface area (Å²) in [5, 5.41) is 4.00. The molecule has 2 N–H and O–H groups in total. The van der Waals surface area contributed by atoms with Crippen LogP contribution in [0.4, 0.5) is 5.69 Å². The first kappa shape index (κ1) is 13.6. The van der Waals surface area contributed by atoms with Crippen LogP contribution in [0.5, 0.6) is 5.75 Å². The van der Waals surface area contributed by atoms with Crippen LogP contribution in [0.3, 0.4) is 0 Å². The van der Waals surface area contributed by atoms with Crippen LogP contribution in [0.15, 0.2) is 51.5 Å². The zero-order valence-corrected chi connectivity index (χ0v) is 12.8. The van der Waals surface area contributed by atoms with Crippen LogP contribution in [0.25, 0.3) is 22.8 Å². The normalized spacial score (nSPS) is 10.6. The molecule has 0 amide bonds. The second-order valence-corrected chi connectivity index (χ2v) is 5.25. The molecule has 0 atom stereocenters. The predicted octanol–water partition coefficient (Wildman–Crippen LogP) is 3.76. The number of rotatable bonds is 3. The van der Waals surface area contributed by atoms with Crippen LogP contribution in [0.1, 0.15) is 0 Å². The summed E-state index contributed by atoms with van der Waals surface area (Å²) in [6.07, 6.45) is 0. The topological polar surface area (TPSA) is 74.2 Å². The van der Waals surface area contributed by atoms with E-state index in [-0.39, 0.29) is 0 Å². The fourth-order valence-electron chi connectivity index (χ4n) is 1.88. The molecule has 0 saturated carbocycles. The number of nitrogen functional groups attached to an aromatic ring is 1. The number of hydrogen-bond donors (Lipinski definition) is 1. The highest BCUT2D eigenvalue weighted by molar-refractivity contribution is 9.10. The van der Waals surface area contributed by atoms with Gasteiger partial charge in [0.25, 0.3) is 5.89 Å². The molecule has 3 aromatic rings. The summed E-state index contributed by atoms with van der Waals surface area (Å²) in [5.41, 5.74) is 8.06. The number of hydrogen-bond acceptors (Lipinski definition) is 5. The van der Waals surface area contributed by atoms with E-state index in [1.165, 1.54) is 0 Å². The van der Waals surface area contributed by atoms with Crippen LogP contribution in [0, 0.1) is 0 Å². The molecule has 0 spiro atoms. The maximum atomic E-state index is 5.77. The molecule has 3 rings (SSSR count). The molecule has 2 aromatic carbocycles. The first-order chi connectivity index (χ1) is 10.2. The number of ether oxygens (including phenoxy) is 1. The zero-order valence-electron chi connectivity index (χ0n) is 11.2. The Morgan fingerprint density at radius 1 is 1.14 bits per heavy atom. The van der Waals surface area contributed by atoms with Crippen molar-refractivity contribution in [2.24, 2.45) is 0 Å². The second kappa shape index (κ2) is 5.57. The van der Waals surface area contributed by atoms with E-state index in [2.05, 4.69) is 26.1 Å². The summed E-state index contributed by atoms with van der Waals surface area (Å²) in [7, 11) is 1.62. The van der Waals surface area contributed by atoms with E-state index < -0.39 is 0 Å². The van der Waals surface area contributed by atoms with E-state index in [4.69, 9.17) is 15.0 Å². The second-order valence-electron chi connectivity index (χ2n) is 4.39. The van der Waals surface area contributed by atoms with Crippen LogP contribution in [-0.4, -0.2) is 17.3 Å². The molecule has 0 saturated heterocycles. The van der Waals surface area contributed by atoms with Gasteiger partial charge >= 0.3 is 0 Å². The fraction of sp³-hybridized carbons (Fsp3) is 0.0667. The molecule has 0 aliphatic rings. The van der Waals surface area contributed by atoms with Gasteiger partial charge in [0.05, 0.1) is 7.11 Å². The van der Waals surface area contributed by atoms with Crippen LogP contribution < -0.4 is 10.5 Å². The van der Waals surface area contributed by atoms with Crippen molar-refractivity contribution >= 4 is 21.6 Å². The highest BCUT2D eigenvalue weighted by Crippen LogP contribution is 2.28. The lowest BCUT2D eigenvalue weighted by Gasteiger charge is -2.00. The van der Waals surface area contributed by atoms with Gasteiger partial charge in [0.1, 0.15) is 5.75 Å². The van der Waals surface area contributed by atoms with Gasteiger partial charge in [0.2, 0.25) is 5.82 Å². The number of anilines is 1. The number of benzene rings is 2. The Bertz CT molecular complexity index is 786. The summed E-state index contributed by atoms with van der Waals surface area (Å²) in [4.78, 5) is 4.40. The van der Waals surface area contributed by atoms with E-state index in [9.17, 15) is 0 Å². The summed E-state index contributed by atoms with van der Waals surface area (Å²) in [5.74, 6) is 1.69. The van der Waals surface area contributed by atoms with Crippen molar-refractivity contribution in [3.8, 4) is 28.6 Å². The van der Waals surface area contributed by atoms with E-state index in [0.717, 1.165) is 21.3 Å². The smallest absolute Gasteiger partial charge is 0.258 e. The number of aromatic nitrogens is 2. The Balaban J connectivity index is 1.97. The summed E-state index contributed by atoms with van der Waals surface area (Å²) >= 11 is 3.38. The van der Waals surface area contributed by atoms with Gasteiger partial charge in [-0.25, -0.2) is 0 Å². The average Bonchev–Trinajstić information content (AvgIpc) is 3.00. The van der Waals surface area contributed by atoms with Crippen LogP contribution in [-0.2, 0) is 0 Å². The van der Waals surface area contributed by atoms with Crippen LogP contribution in [0.2, 0.25) is 0 Å². The Kier molecular flexibility index (Phi) is 3.62. The third kappa shape index (κ3) is 2.75. The number of nitrogens with zero attached hydrogens (tertiary/aromatic N) is 2. The fourth-order valence-corrected chi connectivity index (χ4v) is 2.26. The highest BCUT2D eigenvalue weighted by atomic mass is 79.9. The van der Waals surface area contributed by atoms with Crippen molar-refractivity contribution in [2.75, 3.05) is 12.8 Å². The Labute approximate surface area is 129 Å². The molecular weight excluding hydrogens is 334 g/mol. The molecular formula is C15H12BrN3O2. The standard InChI is InChI=1S/C15H12BrN3O2/c1-20-11-4-2-3-9(7-11)14-18-15(21-19-14)10-5-6-13(17)12(16)8-10/h2-8H,17H2,1H3. The Morgan fingerprint density at radius 2 is 2.00 bits per heavy atom. The van der Waals surface area contributed by atoms with Crippen molar-refractivity contribution in [3.63, 3.8) is 0 Å². The maximum Gasteiger partial charge on any atom is 0.258 e. The Hall–Kier alpha value is -2.34. The number of nitrogens with two attached hydrogens (primary N) is 1. The minimum atomic E-state index is 0.438. The number of halogens is 1. The van der Waals surface area contributed by atoms with Crippen molar-refractivity contribution in [3.05, 3.63) is 46.9 Å².